The van der Waals surface area contributed by atoms with E-state index >= 15 is 0 Å². The van der Waals surface area contributed by atoms with Crippen molar-refractivity contribution in [2.75, 3.05) is 5.32 Å². The van der Waals surface area contributed by atoms with Gasteiger partial charge in [0, 0.05) is 24.2 Å². The number of amides is 2. The Labute approximate surface area is 241 Å². The van der Waals surface area contributed by atoms with Gasteiger partial charge in [-0.3, -0.25) is 4.79 Å². The number of carbonyl (C=O) groups excluding carboxylic acids is 2. The van der Waals surface area contributed by atoms with Crippen molar-refractivity contribution in [2.24, 2.45) is 5.92 Å². The van der Waals surface area contributed by atoms with Crippen LogP contribution in [0.1, 0.15) is 108 Å². The van der Waals surface area contributed by atoms with Crippen molar-refractivity contribution in [3.05, 3.63) is 99.1 Å². The van der Waals surface area contributed by atoms with Gasteiger partial charge >= 0.3 is 6.03 Å². The normalized spacial score (nSPS) is 13.7. The number of hydrogen-bond donors (Lipinski definition) is 2. The molecule has 0 bridgehead atoms. The van der Waals surface area contributed by atoms with Crippen LogP contribution in [0.4, 0.5) is 10.5 Å². The van der Waals surface area contributed by atoms with Crippen molar-refractivity contribution >= 4 is 17.5 Å². The number of benzene rings is 3. The number of hydrogen-bond acceptors (Lipinski definition) is 2. The Morgan fingerprint density at radius 3 is 2.33 bits per heavy atom. The first-order valence-corrected chi connectivity index (χ1v) is 15.2. The summed E-state index contributed by atoms with van der Waals surface area (Å²) >= 11 is 0. The van der Waals surface area contributed by atoms with Gasteiger partial charge in [-0.2, -0.15) is 0 Å². The Hall–Kier alpha value is -3.40. The van der Waals surface area contributed by atoms with Crippen LogP contribution in [0.25, 0.3) is 0 Å². The van der Waals surface area contributed by atoms with E-state index in [2.05, 4.69) is 67.8 Å². The second-order valence-corrected chi connectivity index (χ2v) is 11.7. The zero-order valence-electron chi connectivity index (χ0n) is 24.9. The van der Waals surface area contributed by atoms with Gasteiger partial charge in [0.25, 0.3) is 0 Å². The molecule has 3 aromatic rings. The molecule has 3 aromatic carbocycles. The summed E-state index contributed by atoms with van der Waals surface area (Å²) in [4.78, 5) is 25.0. The number of carbonyl (C=O) groups is 2. The van der Waals surface area contributed by atoms with E-state index in [0.717, 1.165) is 46.7 Å². The number of urea groups is 1. The monoisotopic (exact) mass is 538 g/mol. The van der Waals surface area contributed by atoms with Gasteiger partial charge in [0.1, 0.15) is 0 Å². The topological polar surface area (TPSA) is 58.2 Å². The van der Waals surface area contributed by atoms with Crippen molar-refractivity contribution < 1.29 is 9.59 Å². The predicted octanol–water partition coefficient (Wildman–Crippen LogP) is 9.02. The molecule has 1 fully saturated rings. The highest BCUT2D eigenvalue weighted by atomic mass is 16.2. The van der Waals surface area contributed by atoms with Crippen molar-refractivity contribution in [1.82, 2.24) is 5.32 Å². The summed E-state index contributed by atoms with van der Waals surface area (Å²) in [6.07, 6.45) is 11.7. The fraction of sp³-hybridized carbons (Fsp3) is 0.444. The third-order valence-electron chi connectivity index (χ3n) is 8.58. The van der Waals surface area contributed by atoms with E-state index < -0.39 is 0 Å². The summed E-state index contributed by atoms with van der Waals surface area (Å²) in [5.74, 6) is 1.05. The first kappa shape index (κ1) is 29.6. The minimum absolute atomic E-state index is 0.169. The van der Waals surface area contributed by atoms with Crippen molar-refractivity contribution in [1.29, 1.82) is 0 Å². The minimum Gasteiger partial charge on any atom is -0.334 e. The lowest BCUT2D eigenvalue weighted by Gasteiger charge is -2.21. The standard InChI is InChI=1S/C36H46N2O2/c1-5-35(39)32-16-10-14-29(23-32)22-30-17-18-33(27(4)19-30)24-37-36(40)38-34-21-26(3)25(2)20-31(34)15-9-13-28-11-7-6-8-12-28/h10,14,16-21,23,28H,5-9,11-13,15,22,24H2,1-4H3,(H2,37,38,40). The molecule has 4 rings (SSSR count). The van der Waals surface area contributed by atoms with Crippen molar-refractivity contribution in [2.45, 2.75) is 98.4 Å². The molecule has 0 heterocycles. The summed E-state index contributed by atoms with van der Waals surface area (Å²) in [7, 11) is 0. The fourth-order valence-corrected chi connectivity index (χ4v) is 5.96. The second kappa shape index (κ2) is 14.3. The fourth-order valence-electron chi connectivity index (χ4n) is 5.96. The summed E-state index contributed by atoms with van der Waals surface area (Å²) in [5.41, 5.74) is 9.99. The van der Waals surface area contributed by atoms with E-state index in [1.807, 2.05) is 25.1 Å². The van der Waals surface area contributed by atoms with Crippen LogP contribution in [0.2, 0.25) is 0 Å². The second-order valence-electron chi connectivity index (χ2n) is 11.7. The zero-order chi connectivity index (χ0) is 28.5. The zero-order valence-corrected chi connectivity index (χ0v) is 24.9. The molecule has 0 aromatic heterocycles. The van der Waals surface area contributed by atoms with Gasteiger partial charge in [-0.25, -0.2) is 4.79 Å². The van der Waals surface area contributed by atoms with Crippen LogP contribution < -0.4 is 10.6 Å². The van der Waals surface area contributed by atoms with Gasteiger partial charge in [-0.05, 0) is 97.0 Å². The summed E-state index contributed by atoms with van der Waals surface area (Å²) in [6, 6.07) is 18.5. The van der Waals surface area contributed by atoms with Crippen LogP contribution in [-0.4, -0.2) is 11.8 Å². The summed E-state index contributed by atoms with van der Waals surface area (Å²) in [5, 5.41) is 6.21. The third kappa shape index (κ3) is 8.30. The van der Waals surface area contributed by atoms with E-state index in [1.165, 1.54) is 67.2 Å². The third-order valence-corrected chi connectivity index (χ3v) is 8.58. The Morgan fingerprint density at radius 1 is 0.825 bits per heavy atom. The smallest absolute Gasteiger partial charge is 0.319 e. The molecule has 0 aliphatic heterocycles. The average molecular weight is 539 g/mol. The van der Waals surface area contributed by atoms with Crippen molar-refractivity contribution in [3.63, 3.8) is 0 Å². The van der Waals surface area contributed by atoms with E-state index in [1.54, 1.807) is 0 Å². The van der Waals surface area contributed by atoms with Gasteiger partial charge in [0.2, 0.25) is 0 Å². The Morgan fingerprint density at radius 2 is 1.57 bits per heavy atom. The van der Waals surface area contributed by atoms with E-state index in [-0.39, 0.29) is 11.8 Å². The lowest BCUT2D eigenvalue weighted by atomic mass is 9.85. The van der Waals surface area contributed by atoms with Gasteiger partial charge in [-0.15, -0.1) is 0 Å². The van der Waals surface area contributed by atoms with E-state index in [9.17, 15) is 9.59 Å². The maximum Gasteiger partial charge on any atom is 0.319 e. The molecular weight excluding hydrogens is 492 g/mol. The number of Topliss-reactive ketones (excluding diaryl/α,β-unsaturated/α-hetero) is 1. The molecule has 0 saturated heterocycles. The van der Waals surface area contributed by atoms with Crippen LogP contribution in [0.15, 0.2) is 54.6 Å². The highest BCUT2D eigenvalue weighted by Crippen LogP contribution is 2.29. The summed E-state index contributed by atoms with van der Waals surface area (Å²) < 4.78 is 0. The van der Waals surface area contributed by atoms with Crippen LogP contribution in [0.5, 0.6) is 0 Å². The van der Waals surface area contributed by atoms with Crippen LogP contribution in [0.3, 0.4) is 0 Å². The lowest BCUT2D eigenvalue weighted by molar-refractivity contribution is 0.0988. The minimum atomic E-state index is -0.169. The van der Waals surface area contributed by atoms with Gasteiger partial charge in [0.05, 0.1) is 0 Å². The molecular formula is C36H46N2O2. The number of nitrogens with one attached hydrogen (secondary N) is 2. The largest absolute Gasteiger partial charge is 0.334 e. The molecule has 0 radical (unpaired) electrons. The highest BCUT2D eigenvalue weighted by Gasteiger charge is 2.15. The van der Waals surface area contributed by atoms with Crippen LogP contribution in [-0.2, 0) is 19.4 Å². The quantitative estimate of drug-likeness (QED) is 0.239. The molecule has 40 heavy (non-hydrogen) atoms. The number of anilines is 1. The first-order valence-electron chi connectivity index (χ1n) is 15.2. The Kier molecular flexibility index (Phi) is 10.6. The Balaban J connectivity index is 1.33. The number of rotatable bonds is 11. The first-order chi connectivity index (χ1) is 19.3. The number of ketones is 1. The average Bonchev–Trinajstić information content (AvgIpc) is 2.95. The maximum absolute atomic E-state index is 12.9. The molecule has 1 aliphatic rings. The molecule has 212 valence electrons. The molecule has 0 spiro atoms. The molecule has 0 atom stereocenters. The maximum atomic E-state index is 12.9. The number of aryl methyl sites for hydroxylation is 4. The predicted molar refractivity (Wildman–Crippen MR) is 166 cm³/mol. The Bertz CT molecular complexity index is 1320. The van der Waals surface area contributed by atoms with Gasteiger partial charge < -0.3 is 10.6 Å². The van der Waals surface area contributed by atoms with Gasteiger partial charge in [0.15, 0.2) is 5.78 Å². The lowest BCUT2D eigenvalue weighted by Crippen LogP contribution is -2.29. The molecule has 2 amide bonds. The SMILES string of the molecule is CCC(=O)c1cccc(Cc2ccc(CNC(=O)Nc3cc(C)c(C)cc3CCCC3CCCCC3)c(C)c2)c1. The van der Waals surface area contributed by atoms with Gasteiger partial charge in [-0.1, -0.05) is 87.9 Å². The van der Waals surface area contributed by atoms with Crippen LogP contribution in [0, 0.1) is 26.7 Å². The summed E-state index contributed by atoms with van der Waals surface area (Å²) in [6.45, 7) is 8.71. The van der Waals surface area contributed by atoms with Crippen LogP contribution >= 0.6 is 0 Å². The molecule has 4 nitrogen and oxygen atoms in total. The molecule has 1 aliphatic carbocycles. The van der Waals surface area contributed by atoms with E-state index in [0.29, 0.717) is 13.0 Å². The highest BCUT2D eigenvalue weighted by molar-refractivity contribution is 5.96. The molecule has 1 saturated carbocycles. The molecule has 0 unspecified atom stereocenters. The van der Waals surface area contributed by atoms with E-state index in [4.69, 9.17) is 0 Å². The van der Waals surface area contributed by atoms with Crippen molar-refractivity contribution in [3.8, 4) is 0 Å². The molecule has 4 heteroatoms. The molecule has 2 N–H and O–H groups in total.